The number of rotatable bonds is 5. The van der Waals surface area contributed by atoms with Gasteiger partial charge in [0.1, 0.15) is 24.4 Å². The van der Waals surface area contributed by atoms with Gasteiger partial charge in [0.2, 0.25) is 23.6 Å². The topological polar surface area (TPSA) is 154 Å². The summed E-state index contributed by atoms with van der Waals surface area (Å²) in [5.74, 6) is -1.32. The van der Waals surface area contributed by atoms with Gasteiger partial charge in [0.05, 0.1) is 6.04 Å². The predicted octanol–water partition coefficient (Wildman–Crippen LogP) is 1.79. The fourth-order valence-corrected chi connectivity index (χ4v) is 4.85. The van der Waals surface area contributed by atoms with Crippen LogP contribution in [0, 0.1) is 5.92 Å². The standard InChI is InChI=1S/C28H38N6O5.ClH/c1-17(2)23-28-33-22(16-39-28)24(35)30-13-7-6-11-20(31-25(36)19-12-8-14-29-19)26(37)32-21(27(38)34-23)15-18-9-4-3-5-10-18;/h3-5,9-10,16-17,19-21,23,29H,6-8,11-15H2,1-2H3,(H,30,35)(H,31,36)(H,32,37)(H,34,38);1H/t19-,20-,21-,23-;/m0./s1. The van der Waals surface area contributed by atoms with E-state index in [1.165, 1.54) is 6.26 Å². The first-order valence-corrected chi connectivity index (χ1v) is 13.7. The SMILES string of the molecule is CC(C)[C@@H]1NC(=O)[C@H](Cc2ccccc2)NC(=O)[C@@H](NC(=O)[C@@H]2CCCN2)CCCCNC(=O)c2coc1n2.Cl. The molecule has 2 aromatic rings. The lowest BCUT2D eigenvalue weighted by atomic mass is 10.0. The smallest absolute Gasteiger partial charge is 0.273 e. The molecule has 5 N–H and O–H groups in total. The summed E-state index contributed by atoms with van der Waals surface area (Å²) in [5, 5.41) is 14.7. The van der Waals surface area contributed by atoms with Crippen molar-refractivity contribution in [2.75, 3.05) is 13.1 Å². The molecule has 0 unspecified atom stereocenters. The largest absolute Gasteiger partial charge is 0.446 e. The van der Waals surface area contributed by atoms with Crippen molar-refractivity contribution >= 4 is 36.0 Å². The average Bonchev–Trinajstić information content (AvgIpc) is 3.63. The highest BCUT2D eigenvalue weighted by Crippen LogP contribution is 2.22. The Labute approximate surface area is 240 Å². The lowest BCUT2D eigenvalue weighted by Gasteiger charge is -2.26. The molecule has 1 saturated heterocycles. The molecule has 1 aromatic heterocycles. The van der Waals surface area contributed by atoms with Crippen molar-refractivity contribution in [1.82, 2.24) is 31.6 Å². The fourth-order valence-electron chi connectivity index (χ4n) is 4.85. The number of halogens is 1. The Bertz CT molecular complexity index is 1150. The monoisotopic (exact) mass is 574 g/mol. The molecule has 1 fully saturated rings. The summed E-state index contributed by atoms with van der Waals surface area (Å²) in [6.45, 7) is 4.95. The molecular formula is C28H39ClN6O5. The number of aromatic nitrogens is 1. The van der Waals surface area contributed by atoms with Crippen molar-refractivity contribution in [3.63, 3.8) is 0 Å². The molecule has 40 heavy (non-hydrogen) atoms. The number of amides is 4. The predicted molar refractivity (Wildman–Crippen MR) is 151 cm³/mol. The van der Waals surface area contributed by atoms with E-state index in [1.54, 1.807) is 0 Å². The second-order valence-electron chi connectivity index (χ2n) is 10.5. The van der Waals surface area contributed by atoms with Crippen LogP contribution < -0.4 is 26.6 Å². The molecule has 4 rings (SSSR count). The first kappa shape index (κ1) is 31.1. The summed E-state index contributed by atoms with van der Waals surface area (Å²) in [6.07, 6.45) is 4.69. The van der Waals surface area contributed by atoms with Crippen LogP contribution in [-0.4, -0.2) is 59.8 Å². The van der Waals surface area contributed by atoms with Crippen molar-refractivity contribution < 1.29 is 23.6 Å². The van der Waals surface area contributed by atoms with E-state index >= 15 is 0 Å². The van der Waals surface area contributed by atoms with Gasteiger partial charge in [-0.25, -0.2) is 4.98 Å². The second kappa shape index (κ2) is 14.8. The highest BCUT2D eigenvalue weighted by atomic mass is 35.5. The fraction of sp³-hybridized carbons (Fsp3) is 0.536. The Morgan fingerprint density at radius 3 is 2.50 bits per heavy atom. The molecule has 4 amide bonds. The maximum atomic E-state index is 13.6. The maximum absolute atomic E-state index is 13.6. The first-order chi connectivity index (χ1) is 18.8. The number of hydrogen-bond donors (Lipinski definition) is 5. The Hall–Kier alpha value is -3.44. The highest BCUT2D eigenvalue weighted by Gasteiger charge is 2.32. The molecular weight excluding hydrogens is 536 g/mol. The van der Waals surface area contributed by atoms with E-state index in [4.69, 9.17) is 4.42 Å². The Balaban J connectivity index is 0.00000441. The molecule has 11 nitrogen and oxygen atoms in total. The number of benzene rings is 1. The third-order valence-electron chi connectivity index (χ3n) is 7.12. The second-order valence-corrected chi connectivity index (χ2v) is 10.5. The van der Waals surface area contributed by atoms with Crippen molar-refractivity contribution in [2.24, 2.45) is 5.92 Å². The quantitative estimate of drug-likeness (QED) is 0.365. The van der Waals surface area contributed by atoms with E-state index < -0.39 is 29.9 Å². The highest BCUT2D eigenvalue weighted by molar-refractivity contribution is 5.93. The van der Waals surface area contributed by atoms with Gasteiger partial charge in [-0.05, 0) is 50.1 Å². The van der Waals surface area contributed by atoms with Crippen LogP contribution in [0.3, 0.4) is 0 Å². The van der Waals surface area contributed by atoms with Crippen LogP contribution in [0.4, 0.5) is 0 Å². The van der Waals surface area contributed by atoms with Crippen molar-refractivity contribution in [3.05, 3.63) is 53.7 Å². The molecule has 1 aromatic carbocycles. The van der Waals surface area contributed by atoms with Gasteiger partial charge in [0.15, 0.2) is 5.69 Å². The summed E-state index contributed by atoms with van der Waals surface area (Å²) in [7, 11) is 0. The van der Waals surface area contributed by atoms with Gasteiger partial charge < -0.3 is 31.0 Å². The van der Waals surface area contributed by atoms with Crippen LogP contribution in [0.2, 0.25) is 0 Å². The number of fused-ring (bicyclic) bond motifs is 2. The van der Waals surface area contributed by atoms with Gasteiger partial charge in [-0.1, -0.05) is 44.2 Å². The Morgan fingerprint density at radius 1 is 1.02 bits per heavy atom. The van der Waals surface area contributed by atoms with Crippen LogP contribution in [-0.2, 0) is 20.8 Å². The first-order valence-electron chi connectivity index (χ1n) is 13.7. The molecule has 12 heteroatoms. The number of hydrogen-bond acceptors (Lipinski definition) is 7. The van der Waals surface area contributed by atoms with Gasteiger partial charge in [-0.15, -0.1) is 12.4 Å². The molecule has 2 bridgehead atoms. The molecule has 0 radical (unpaired) electrons. The van der Waals surface area contributed by atoms with Gasteiger partial charge in [-0.3, -0.25) is 19.2 Å². The lowest BCUT2D eigenvalue weighted by Crippen LogP contribution is -2.56. The summed E-state index contributed by atoms with van der Waals surface area (Å²) in [5.41, 5.74) is 1.01. The molecule has 4 atom stereocenters. The van der Waals surface area contributed by atoms with Gasteiger partial charge in [0.25, 0.3) is 5.91 Å². The zero-order valence-corrected chi connectivity index (χ0v) is 23.7. The Morgan fingerprint density at radius 2 is 1.80 bits per heavy atom. The van der Waals surface area contributed by atoms with Crippen LogP contribution in [0.1, 0.15) is 73.9 Å². The van der Waals surface area contributed by atoms with E-state index in [0.717, 1.165) is 18.5 Å². The van der Waals surface area contributed by atoms with Crippen molar-refractivity contribution in [3.8, 4) is 0 Å². The molecule has 2 aliphatic rings. The minimum absolute atomic E-state index is 0. The van der Waals surface area contributed by atoms with Crippen LogP contribution in [0.25, 0.3) is 0 Å². The van der Waals surface area contributed by atoms with E-state index in [1.807, 2.05) is 44.2 Å². The van der Waals surface area contributed by atoms with Crippen LogP contribution >= 0.6 is 12.4 Å². The molecule has 0 spiro atoms. The normalized spacial score (nSPS) is 24.4. The van der Waals surface area contributed by atoms with E-state index in [0.29, 0.717) is 32.2 Å². The van der Waals surface area contributed by atoms with Crippen molar-refractivity contribution in [1.29, 1.82) is 0 Å². The van der Waals surface area contributed by atoms with Crippen LogP contribution in [0.5, 0.6) is 0 Å². The molecule has 0 saturated carbocycles. The molecule has 218 valence electrons. The average molecular weight is 575 g/mol. The summed E-state index contributed by atoms with van der Waals surface area (Å²) in [6, 6.07) is 6.73. The molecule has 3 heterocycles. The molecule has 2 aliphatic heterocycles. The zero-order chi connectivity index (χ0) is 27.8. The third-order valence-corrected chi connectivity index (χ3v) is 7.12. The molecule has 0 aliphatic carbocycles. The van der Waals surface area contributed by atoms with Gasteiger partial charge >= 0.3 is 0 Å². The number of carbonyl (C=O) groups is 4. The minimum Gasteiger partial charge on any atom is -0.446 e. The minimum atomic E-state index is -0.907. The summed E-state index contributed by atoms with van der Waals surface area (Å²) >= 11 is 0. The lowest BCUT2D eigenvalue weighted by molar-refractivity contribution is -0.133. The number of carbonyl (C=O) groups excluding carboxylic acids is 4. The number of oxazole rings is 1. The van der Waals surface area contributed by atoms with E-state index in [-0.39, 0.29) is 54.2 Å². The zero-order valence-electron chi connectivity index (χ0n) is 22.9. The van der Waals surface area contributed by atoms with Crippen molar-refractivity contribution in [2.45, 2.75) is 76.5 Å². The van der Waals surface area contributed by atoms with Gasteiger partial charge in [-0.2, -0.15) is 0 Å². The van der Waals surface area contributed by atoms with Crippen LogP contribution in [0.15, 0.2) is 41.0 Å². The van der Waals surface area contributed by atoms with Gasteiger partial charge in [0, 0.05) is 13.0 Å². The van der Waals surface area contributed by atoms with E-state index in [2.05, 4.69) is 31.6 Å². The summed E-state index contributed by atoms with van der Waals surface area (Å²) < 4.78 is 5.59. The number of nitrogens with one attached hydrogen (secondary N) is 5. The Kier molecular flexibility index (Phi) is 11.5. The summed E-state index contributed by atoms with van der Waals surface area (Å²) in [4.78, 5) is 57.0. The number of nitrogens with zero attached hydrogens (tertiary/aromatic N) is 1. The maximum Gasteiger partial charge on any atom is 0.273 e. The van der Waals surface area contributed by atoms with E-state index in [9.17, 15) is 19.2 Å². The third kappa shape index (κ3) is 8.28.